The predicted molar refractivity (Wildman–Crippen MR) is 95.3 cm³/mol. The maximum atomic E-state index is 5.96. The average Bonchev–Trinajstić information content (AvgIpc) is 2.54. The van der Waals surface area contributed by atoms with Crippen LogP contribution >= 0.6 is 0 Å². The first-order valence-corrected chi connectivity index (χ1v) is 8.53. The molecule has 0 aliphatic carbocycles. The van der Waals surface area contributed by atoms with E-state index in [-0.39, 0.29) is 0 Å². The molecular weight excluding hydrogens is 272 g/mol. The second-order valence-corrected chi connectivity index (χ2v) is 6.49. The van der Waals surface area contributed by atoms with E-state index in [4.69, 9.17) is 5.73 Å². The van der Waals surface area contributed by atoms with Crippen LogP contribution in [-0.4, -0.2) is 25.6 Å². The molecular formula is C18H30N4. The minimum absolute atomic E-state index is 0.550. The molecule has 0 amide bonds. The van der Waals surface area contributed by atoms with Crippen molar-refractivity contribution < 1.29 is 0 Å². The van der Waals surface area contributed by atoms with Crippen LogP contribution in [0.25, 0.3) is 0 Å². The molecule has 1 fully saturated rings. The van der Waals surface area contributed by atoms with Crippen LogP contribution in [0.15, 0.2) is 29.3 Å². The Morgan fingerprint density at radius 1 is 1.23 bits per heavy atom. The van der Waals surface area contributed by atoms with Gasteiger partial charge in [0.05, 0.1) is 6.54 Å². The topological polar surface area (TPSA) is 53.6 Å². The van der Waals surface area contributed by atoms with E-state index in [9.17, 15) is 0 Å². The zero-order valence-electron chi connectivity index (χ0n) is 14.0. The molecule has 122 valence electrons. The standard InChI is InChI=1S/C18H30N4/c1-15(2)10-11-20-18(19)21-14-16-8-4-5-9-17(16)22-12-6-3-7-13-22/h4-5,8-9,15H,3,6-7,10-14H2,1-2H3,(H3,19,20,21). The van der Waals surface area contributed by atoms with Crippen LogP contribution in [0.2, 0.25) is 0 Å². The summed E-state index contributed by atoms with van der Waals surface area (Å²) in [5.74, 6) is 1.23. The van der Waals surface area contributed by atoms with Crippen LogP contribution in [0.4, 0.5) is 5.69 Å². The lowest BCUT2D eigenvalue weighted by molar-refractivity contribution is 0.575. The lowest BCUT2D eigenvalue weighted by Crippen LogP contribution is -2.33. The van der Waals surface area contributed by atoms with Gasteiger partial charge in [-0.25, -0.2) is 4.99 Å². The van der Waals surface area contributed by atoms with Crippen molar-refractivity contribution in [2.24, 2.45) is 16.6 Å². The Balaban J connectivity index is 1.94. The summed E-state index contributed by atoms with van der Waals surface area (Å²) in [6.45, 7) is 8.27. The van der Waals surface area contributed by atoms with Gasteiger partial charge in [-0.05, 0) is 43.2 Å². The lowest BCUT2D eigenvalue weighted by atomic mass is 10.1. The fraction of sp³-hybridized carbons (Fsp3) is 0.611. The SMILES string of the molecule is CC(C)CCNC(N)=NCc1ccccc1N1CCCCC1. The molecule has 4 heteroatoms. The van der Waals surface area contributed by atoms with Crippen LogP contribution in [0.3, 0.4) is 0 Å². The summed E-state index contributed by atoms with van der Waals surface area (Å²) >= 11 is 0. The third-order valence-electron chi connectivity index (χ3n) is 4.14. The van der Waals surface area contributed by atoms with Gasteiger partial charge in [0, 0.05) is 25.3 Å². The smallest absolute Gasteiger partial charge is 0.188 e. The van der Waals surface area contributed by atoms with Crippen molar-refractivity contribution >= 4 is 11.6 Å². The molecule has 1 aromatic carbocycles. The van der Waals surface area contributed by atoms with E-state index < -0.39 is 0 Å². The second kappa shape index (κ2) is 8.66. The van der Waals surface area contributed by atoms with Gasteiger partial charge in [0.1, 0.15) is 0 Å². The Labute approximate surface area is 134 Å². The quantitative estimate of drug-likeness (QED) is 0.627. The predicted octanol–water partition coefficient (Wildman–Crippen LogP) is 3.13. The largest absolute Gasteiger partial charge is 0.371 e. The number of nitrogens with two attached hydrogens (primary N) is 1. The average molecular weight is 302 g/mol. The molecule has 4 nitrogen and oxygen atoms in total. The Kier molecular flexibility index (Phi) is 6.56. The Bertz CT molecular complexity index is 476. The van der Waals surface area contributed by atoms with Crippen molar-refractivity contribution in [1.82, 2.24) is 5.32 Å². The molecule has 0 radical (unpaired) electrons. The number of nitrogens with one attached hydrogen (secondary N) is 1. The molecule has 2 rings (SSSR count). The van der Waals surface area contributed by atoms with Crippen molar-refractivity contribution in [3.63, 3.8) is 0 Å². The van der Waals surface area contributed by atoms with Crippen LogP contribution in [-0.2, 0) is 6.54 Å². The highest BCUT2D eigenvalue weighted by Gasteiger charge is 2.13. The highest BCUT2D eigenvalue weighted by Crippen LogP contribution is 2.24. The van der Waals surface area contributed by atoms with Crippen molar-refractivity contribution in [3.05, 3.63) is 29.8 Å². The number of aliphatic imine (C=N–C) groups is 1. The minimum Gasteiger partial charge on any atom is -0.371 e. The first kappa shape index (κ1) is 16.7. The Morgan fingerprint density at radius 3 is 2.68 bits per heavy atom. The van der Waals surface area contributed by atoms with Gasteiger partial charge < -0.3 is 16.0 Å². The van der Waals surface area contributed by atoms with Gasteiger partial charge in [-0.2, -0.15) is 0 Å². The van der Waals surface area contributed by atoms with Crippen molar-refractivity contribution in [3.8, 4) is 0 Å². The van der Waals surface area contributed by atoms with Gasteiger partial charge in [0.2, 0.25) is 0 Å². The molecule has 0 saturated carbocycles. The molecule has 1 aliphatic rings. The fourth-order valence-corrected chi connectivity index (χ4v) is 2.80. The Hall–Kier alpha value is -1.71. The summed E-state index contributed by atoms with van der Waals surface area (Å²) in [4.78, 5) is 6.99. The lowest BCUT2D eigenvalue weighted by Gasteiger charge is -2.30. The maximum Gasteiger partial charge on any atom is 0.188 e. The van der Waals surface area contributed by atoms with E-state index in [0.29, 0.717) is 18.4 Å². The fourth-order valence-electron chi connectivity index (χ4n) is 2.80. The number of rotatable bonds is 6. The molecule has 0 bridgehead atoms. The molecule has 1 heterocycles. The number of hydrogen-bond donors (Lipinski definition) is 2. The molecule has 3 N–H and O–H groups in total. The molecule has 22 heavy (non-hydrogen) atoms. The summed E-state index contributed by atoms with van der Waals surface area (Å²) < 4.78 is 0. The molecule has 0 unspecified atom stereocenters. The highest BCUT2D eigenvalue weighted by molar-refractivity contribution is 5.77. The normalized spacial score (nSPS) is 16.1. The van der Waals surface area contributed by atoms with Crippen LogP contribution in [0, 0.1) is 5.92 Å². The summed E-state index contributed by atoms with van der Waals surface area (Å²) in [7, 11) is 0. The molecule has 0 atom stereocenters. The summed E-state index contributed by atoms with van der Waals surface area (Å²) in [6.07, 6.45) is 5.04. The number of hydrogen-bond acceptors (Lipinski definition) is 2. The van der Waals surface area contributed by atoms with E-state index in [0.717, 1.165) is 26.1 Å². The monoisotopic (exact) mass is 302 g/mol. The molecule has 1 saturated heterocycles. The molecule has 0 aromatic heterocycles. The Morgan fingerprint density at radius 2 is 1.95 bits per heavy atom. The number of nitrogens with zero attached hydrogens (tertiary/aromatic N) is 2. The number of anilines is 1. The first-order chi connectivity index (χ1) is 10.7. The number of benzene rings is 1. The van der Waals surface area contributed by atoms with Gasteiger partial charge in [-0.1, -0.05) is 32.0 Å². The maximum absolute atomic E-state index is 5.96. The molecule has 1 aliphatic heterocycles. The summed E-state index contributed by atoms with van der Waals surface area (Å²) in [5, 5.41) is 3.20. The van der Waals surface area contributed by atoms with E-state index >= 15 is 0 Å². The number of guanidine groups is 1. The number of para-hydroxylation sites is 1. The van der Waals surface area contributed by atoms with Gasteiger partial charge in [-0.15, -0.1) is 0 Å². The third kappa shape index (κ3) is 5.24. The summed E-state index contributed by atoms with van der Waals surface area (Å²) in [6, 6.07) is 8.56. The first-order valence-electron chi connectivity index (χ1n) is 8.53. The van der Waals surface area contributed by atoms with E-state index in [1.807, 2.05) is 0 Å². The van der Waals surface area contributed by atoms with Crippen molar-refractivity contribution in [2.75, 3.05) is 24.5 Å². The van der Waals surface area contributed by atoms with Gasteiger partial charge in [0.25, 0.3) is 0 Å². The van der Waals surface area contributed by atoms with Crippen molar-refractivity contribution in [1.29, 1.82) is 0 Å². The molecule has 1 aromatic rings. The van der Waals surface area contributed by atoms with Crippen LogP contribution in [0.1, 0.15) is 45.1 Å². The highest BCUT2D eigenvalue weighted by atomic mass is 15.1. The number of piperidine rings is 1. The summed E-state index contributed by atoms with van der Waals surface area (Å²) in [5.41, 5.74) is 8.54. The third-order valence-corrected chi connectivity index (χ3v) is 4.14. The van der Waals surface area contributed by atoms with Gasteiger partial charge >= 0.3 is 0 Å². The van der Waals surface area contributed by atoms with E-state index in [1.165, 1.54) is 30.5 Å². The van der Waals surface area contributed by atoms with Gasteiger partial charge in [0.15, 0.2) is 5.96 Å². The second-order valence-electron chi connectivity index (χ2n) is 6.49. The van der Waals surface area contributed by atoms with E-state index in [1.54, 1.807) is 0 Å². The van der Waals surface area contributed by atoms with Crippen LogP contribution < -0.4 is 16.0 Å². The minimum atomic E-state index is 0.550. The van der Waals surface area contributed by atoms with E-state index in [2.05, 4.69) is 53.3 Å². The molecule has 0 spiro atoms. The van der Waals surface area contributed by atoms with Gasteiger partial charge in [-0.3, -0.25) is 0 Å². The zero-order chi connectivity index (χ0) is 15.8. The zero-order valence-corrected chi connectivity index (χ0v) is 14.0. The van der Waals surface area contributed by atoms with Crippen molar-refractivity contribution in [2.45, 2.75) is 46.1 Å². The van der Waals surface area contributed by atoms with Crippen LogP contribution in [0.5, 0.6) is 0 Å².